The molecule has 0 radical (unpaired) electrons. The first-order valence-corrected chi connectivity index (χ1v) is 10.7. The SMILES string of the molecule is Cc1c(C=C2CCN(C(=O)OC(C)(C)C)CC2)cccc1NC(=O)c1cccc(C#N)c1. The molecule has 0 unspecified atom stereocenters. The fraction of sp³-hybridized carbons (Fsp3) is 0.346. The van der Waals surface area contributed by atoms with E-state index < -0.39 is 5.60 Å². The Labute approximate surface area is 189 Å². The van der Waals surface area contributed by atoms with Gasteiger partial charge in [-0.1, -0.05) is 29.8 Å². The van der Waals surface area contributed by atoms with Gasteiger partial charge in [-0.05, 0) is 75.9 Å². The number of rotatable bonds is 3. The number of benzene rings is 2. The Morgan fingerprint density at radius 2 is 1.81 bits per heavy atom. The van der Waals surface area contributed by atoms with Gasteiger partial charge in [-0.2, -0.15) is 5.26 Å². The molecule has 1 heterocycles. The Bertz CT molecular complexity index is 1080. The fourth-order valence-corrected chi connectivity index (χ4v) is 3.54. The monoisotopic (exact) mass is 431 g/mol. The fourth-order valence-electron chi connectivity index (χ4n) is 3.54. The van der Waals surface area contributed by atoms with Gasteiger partial charge in [0.2, 0.25) is 0 Å². The summed E-state index contributed by atoms with van der Waals surface area (Å²) in [5.41, 5.74) is 4.41. The summed E-state index contributed by atoms with van der Waals surface area (Å²) in [4.78, 5) is 26.7. The number of nitrogens with zero attached hydrogens (tertiary/aromatic N) is 2. The van der Waals surface area contributed by atoms with E-state index in [0.29, 0.717) is 24.2 Å². The Hall–Kier alpha value is -3.59. The van der Waals surface area contributed by atoms with Crippen molar-refractivity contribution in [1.29, 1.82) is 5.26 Å². The summed E-state index contributed by atoms with van der Waals surface area (Å²) in [6.45, 7) is 8.85. The number of amides is 2. The van der Waals surface area contributed by atoms with Crippen molar-refractivity contribution in [3.8, 4) is 6.07 Å². The van der Waals surface area contributed by atoms with Crippen LogP contribution in [0.25, 0.3) is 6.08 Å². The van der Waals surface area contributed by atoms with E-state index in [1.54, 1.807) is 29.2 Å². The molecule has 6 heteroatoms. The normalized spacial score (nSPS) is 13.8. The first kappa shape index (κ1) is 23.1. The molecule has 0 saturated carbocycles. The number of piperidine rings is 1. The molecule has 0 aromatic heterocycles. The predicted molar refractivity (Wildman–Crippen MR) is 125 cm³/mol. The molecule has 0 bridgehead atoms. The number of hydrogen-bond donors (Lipinski definition) is 1. The van der Waals surface area contributed by atoms with E-state index in [-0.39, 0.29) is 12.0 Å². The van der Waals surface area contributed by atoms with Crippen LogP contribution >= 0.6 is 0 Å². The van der Waals surface area contributed by atoms with E-state index in [9.17, 15) is 9.59 Å². The van der Waals surface area contributed by atoms with Crippen LogP contribution < -0.4 is 5.32 Å². The zero-order valence-electron chi connectivity index (χ0n) is 19.1. The van der Waals surface area contributed by atoms with Crippen molar-refractivity contribution in [3.63, 3.8) is 0 Å². The Kier molecular flexibility index (Phi) is 6.99. The third kappa shape index (κ3) is 5.98. The molecule has 1 N–H and O–H groups in total. The molecule has 1 aliphatic heterocycles. The van der Waals surface area contributed by atoms with E-state index in [1.165, 1.54) is 5.57 Å². The van der Waals surface area contributed by atoms with Crippen LogP contribution in [-0.4, -0.2) is 35.6 Å². The van der Waals surface area contributed by atoms with Gasteiger partial charge >= 0.3 is 6.09 Å². The van der Waals surface area contributed by atoms with Crippen molar-refractivity contribution < 1.29 is 14.3 Å². The Morgan fingerprint density at radius 3 is 2.47 bits per heavy atom. The molecule has 2 aromatic carbocycles. The highest BCUT2D eigenvalue weighted by Gasteiger charge is 2.24. The maximum absolute atomic E-state index is 12.6. The molecular weight excluding hydrogens is 402 g/mol. The Balaban J connectivity index is 1.68. The van der Waals surface area contributed by atoms with Crippen molar-refractivity contribution in [2.75, 3.05) is 18.4 Å². The second-order valence-corrected chi connectivity index (χ2v) is 8.94. The van der Waals surface area contributed by atoms with E-state index in [0.717, 1.165) is 29.7 Å². The number of nitrogens with one attached hydrogen (secondary N) is 1. The largest absolute Gasteiger partial charge is 0.444 e. The average Bonchev–Trinajstić information content (AvgIpc) is 2.76. The highest BCUT2D eigenvalue weighted by Crippen LogP contribution is 2.26. The third-order valence-electron chi connectivity index (χ3n) is 5.29. The number of carbonyl (C=O) groups is 2. The van der Waals surface area contributed by atoms with Crippen molar-refractivity contribution >= 4 is 23.8 Å². The van der Waals surface area contributed by atoms with E-state index in [1.807, 2.05) is 45.9 Å². The zero-order valence-corrected chi connectivity index (χ0v) is 19.1. The summed E-state index contributed by atoms with van der Waals surface area (Å²) in [6, 6.07) is 14.5. The lowest BCUT2D eigenvalue weighted by Gasteiger charge is -2.31. The van der Waals surface area contributed by atoms with Gasteiger partial charge in [0.1, 0.15) is 5.60 Å². The summed E-state index contributed by atoms with van der Waals surface area (Å²) >= 11 is 0. The highest BCUT2D eigenvalue weighted by molar-refractivity contribution is 6.05. The van der Waals surface area contributed by atoms with Crippen molar-refractivity contribution in [3.05, 3.63) is 70.3 Å². The summed E-state index contributed by atoms with van der Waals surface area (Å²) in [5.74, 6) is -0.249. The molecule has 1 saturated heterocycles. The quantitative estimate of drug-likeness (QED) is 0.692. The smallest absolute Gasteiger partial charge is 0.410 e. The van der Waals surface area contributed by atoms with Crippen LogP contribution in [0, 0.1) is 18.3 Å². The molecule has 1 aliphatic rings. The topological polar surface area (TPSA) is 82.4 Å². The maximum Gasteiger partial charge on any atom is 0.410 e. The van der Waals surface area contributed by atoms with E-state index in [4.69, 9.17) is 10.00 Å². The maximum atomic E-state index is 12.6. The van der Waals surface area contributed by atoms with Gasteiger partial charge in [-0.25, -0.2) is 4.79 Å². The lowest BCUT2D eigenvalue weighted by atomic mass is 9.98. The van der Waals surface area contributed by atoms with E-state index in [2.05, 4.69) is 17.5 Å². The molecule has 1 fully saturated rings. The van der Waals surface area contributed by atoms with Crippen LogP contribution in [0.5, 0.6) is 0 Å². The third-order valence-corrected chi connectivity index (χ3v) is 5.29. The minimum absolute atomic E-state index is 0.249. The Morgan fingerprint density at radius 1 is 1.12 bits per heavy atom. The summed E-state index contributed by atoms with van der Waals surface area (Å²) < 4.78 is 5.46. The number of ether oxygens (including phenoxy) is 1. The minimum Gasteiger partial charge on any atom is -0.444 e. The molecule has 6 nitrogen and oxygen atoms in total. The van der Waals surface area contributed by atoms with Crippen LogP contribution in [0.2, 0.25) is 0 Å². The van der Waals surface area contributed by atoms with Crippen molar-refractivity contribution in [2.24, 2.45) is 0 Å². The molecule has 2 amide bonds. The summed E-state index contributed by atoms with van der Waals surface area (Å²) in [7, 11) is 0. The average molecular weight is 432 g/mol. The predicted octanol–water partition coefficient (Wildman–Crippen LogP) is 5.53. The molecule has 3 rings (SSSR count). The number of anilines is 1. The van der Waals surface area contributed by atoms with Gasteiger partial charge < -0.3 is 15.0 Å². The lowest BCUT2D eigenvalue weighted by molar-refractivity contribution is 0.0236. The molecule has 0 aliphatic carbocycles. The number of likely N-dealkylation sites (tertiary alicyclic amines) is 1. The van der Waals surface area contributed by atoms with Gasteiger partial charge in [0.25, 0.3) is 5.91 Å². The van der Waals surface area contributed by atoms with Gasteiger partial charge in [-0.15, -0.1) is 0 Å². The van der Waals surface area contributed by atoms with Crippen LogP contribution in [-0.2, 0) is 4.74 Å². The van der Waals surface area contributed by atoms with Gasteiger partial charge in [0.15, 0.2) is 0 Å². The number of hydrogen-bond acceptors (Lipinski definition) is 4. The zero-order chi connectivity index (χ0) is 23.3. The standard InChI is InChI=1S/C26H29N3O3/c1-18-21(15-19-11-13-29(14-12-19)25(31)32-26(2,3)4)8-6-10-23(18)28-24(30)22-9-5-7-20(16-22)17-27/h5-10,15-16H,11-14H2,1-4H3,(H,28,30). The second kappa shape index (κ2) is 9.69. The van der Waals surface area contributed by atoms with Crippen molar-refractivity contribution in [2.45, 2.75) is 46.1 Å². The number of carbonyl (C=O) groups excluding carboxylic acids is 2. The summed E-state index contributed by atoms with van der Waals surface area (Å²) in [5, 5.41) is 12.0. The minimum atomic E-state index is -0.495. The van der Waals surface area contributed by atoms with Crippen molar-refractivity contribution in [1.82, 2.24) is 4.90 Å². The van der Waals surface area contributed by atoms with Crippen LogP contribution in [0.15, 0.2) is 48.0 Å². The number of nitriles is 1. The van der Waals surface area contributed by atoms with Gasteiger partial charge in [0, 0.05) is 24.3 Å². The molecular formula is C26H29N3O3. The molecule has 0 spiro atoms. The first-order chi connectivity index (χ1) is 15.2. The molecule has 32 heavy (non-hydrogen) atoms. The highest BCUT2D eigenvalue weighted by atomic mass is 16.6. The second-order valence-electron chi connectivity index (χ2n) is 8.94. The van der Waals surface area contributed by atoms with Crippen LogP contribution in [0.3, 0.4) is 0 Å². The van der Waals surface area contributed by atoms with Crippen LogP contribution in [0.4, 0.5) is 10.5 Å². The van der Waals surface area contributed by atoms with Crippen LogP contribution in [0.1, 0.15) is 60.7 Å². The molecule has 166 valence electrons. The lowest BCUT2D eigenvalue weighted by Crippen LogP contribution is -2.40. The van der Waals surface area contributed by atoms with Gasteiger partial charge in [0.05, 0.1) is 11.6 Å². The first-order valence-electron chi connectivity index (χ1n) is 10.7. The summed E-state index contributed by atoms with van der Waals surface area (Å²) in [6.07, 6.45) is 3.46. The van der Waals surface area contributed by atoms with Gasteiger partial charge in [-0.3, -0.25) is 4.79 Å². The van der Waals surface area contributed by atoms with E-state index >= 15 is 0 Å². The molecule has 2 aromatic rings. The molecule has 0 atom stereocenters.